The van der Waals surface area contributed by atoms with Gasteiger partial charge in [0.25, 0.3) is 0 Å². The van der Waals surface area contributed by atoms with Crippen LogP contribution >= 0.6 is 22.9 Å². The predicted molar refractivity (Wildman–Crippen MR) is 106 cm³/mol. The Hall–Kier alpha value is -1.79. The van der Waals surface area contributed by atoms with Crippen LogP contribution in [0, 0.1) is 13.8 Å². The van der Waals surface area contributed by atoms with Crippen molar-refractivity contribution in [3.05, 3.63) is 44.4 Å². The minimum Gasteiger partial charge on any atom is -0.497 e. The third kappa shape index (κ3) is 5.90. The first-order valence-electron chi connectivity index (χ1n) is 8.31. The van der Waals surface area contributed by atoms with E-state index in [4.69, 9.17) is 16.3 Å². The maximum Gasteiger partial charge on any atom is 0.191 e. The highest BCUT2D eigenvalue weighted by Gasteiger charge is 2.05. The van der Waals surface area contributed by atoms with Crippen molar-refractivity contribution in [2.45, 2.75) is 33.7 Å². The molecule has 0 saturated carbocycles. The van der Waals surface area contributed by atoms with Crippen LogP contribution in [-0.4, -0.2) is 31.1 Å². The summed E-state index contributed by atoms with van der Waals surface area (Å²) in [5.74, 6) is 1.56. The molecular weight excluding hydrogens is 356 g/mol. The molecular formula is C18H25ClN4OS. The molecule has 136 valence electrons. The second-order valence-corrected chi connectivity index (χ2v) is 7.27. The third-order valence-electron chi connectivity index (χ3n) is 3.74. The number of rotatable bonds is 7. The molecule has 0 aliphatic rings. The standard InChI is InChI=1S/C18H25ClN4OS/c1-5-20-18(22-11-17-23-12(2)13(3)25-17)21-9-8-14-6-7-15(24-4)10-16(14)19/h6-7,10H,5,8-9,11H2,1-4H3,(H2,20,21,22). The Morgan fingerprint density at radius 2 is 2.12 bits per heavy atom. The number of methoxy groups -OCH3 is 1. The topological polar surface area (TPSA) is 58.5 Å². The van der Waals surface area contributed by atoms with Crippen LogP contribution in [0.4, 0.5) is 0 Å². The first-order chi connectivity index (χ1) is 12.0. The number of halogens is 1. The number of aryl methyl sites for hydroxylation is 2. The van der Waals surface area contributed by atoms with Gasteiger partial charge in [-0.15, -0.1) is 11.3 Å². The summed E-state index contributed by atoms with van der Waals surface area (Å²) < 4.78 is 5.17. The van der Waals surface area contributed by atoms with Gasteiger partial charge in [0.05, 0.1) is 19.3 Å². The number of benzene rings is 1. The van der Waals surface area contributed by atoms with Crippen LogP contribution in [0.25, 0.3) is 0 Å². The summed E-state index contributed by atoms with van der Waals surface area (Å²) in [4.78, 5) is 10.4. The van der Waals surface area contributed by atoms with Crippen molar-refractivity contribution in [3.63, 3.8) is 0 Å². The van der Waals surface area contributed by atoms with E-state index in [1.165, 1.54) is 4.88 Å². The van der Waals surface area contributed by atoms with Gasteiger partial charge in [-0.1, -0.05) is 17.7 Å². The number of aromatic nitrogens is 1. The van der Waals surface area contributed by atoms with Crippen LogP contribution in [0.1, 0.15) is 28.1 Å². The van der Waals surface area contributed by atoms with E-state index in [-0.39, 0.29) is 0 Å². The minimum absolute atomic E-state index is 0.581. The zero-order valence-electron chi connectivity index (χ0n) is 15.1. The van der Waals surface area contributed by atoms with Gasteiger partial charge >= 0.3 is 0 Å². The molecule has 0 saturated heterocycles. The van der Waals surface area contributed by atoms with E-state index in [2.05, 4.69) is 34.5 Å². The number of hydrogen-bond acceptors (Lipinski definition) is 4. The minimum atomic E-state index is 0.581. The highest BCUT2D eigenvalue weighted by Crippen LogP contribution is 2.22. The Labute approximate surface area is 158 Å². The van der Waals surface area contributed by atoms with Crippen LogP contribution in [0.3, 0.4) is 0 Å². The highest BCUT2D eigenvalue weighted by atomic mass is 35.5. The van der Waals surface area contributed by atoms with Gasteiger partial charge in [-0.25, -0.2) is 9.98 Å². The summed E-state index contributed by atoms with van der Waals surface area (Å²) in [6.07, 6.45) is 0.808. The molecule has 0 spiro atoms. The van der Waals surface area contributed by atoms with Crippen molar-refractivity contribution in [1.82, 2.24) is 15.6 Å². The van der Waals surface area contributed by atoms with Gasteiger partial charge in [0.2, 0.25) is 0 Å². The first kappa shape index (κ1) is 19.5. The lowest BCUT2D eigenvalue weighted by molar-refractivity contribution is 0.414. The Bertz CT molecular complexity index is 710. The lowest BCUT2D eigenvalue weighted by atomic mass is 10.1. The summed E-state index contributed by atoms with van der Waals surface area (Å²) in [6, 6.07) is 5.75. The van der Waals surface area contributed by atoms with Crippen LogP contribution in [0.15, 0.2) is 23.2 Å². The molecule has 0 fully saturated rings. The molecule has 1 aromatic heterocycles. The van der Waals surface area contributed by atoms with Crippen molar-refractivity contribution in [2.75, 3.05) is 20.2 Å². The van der Waals surface area contributed by atoms with Gasteiger partial charge in [0.1, 0.15) is 10.8 Å². The molecule has 1 aromatic carbocycles. The van der Waals surface area contributed by atoms with Crippen LogP contribution < -0.4 is 15.4 Å². The lowest BCUT2D eigenvalue weighted by Gasteiger charge is -2.12. The molecule has 0 amide bonds. The average Bonchev–Trinajstić information content (AvgIpc) is 2.92. The molecule has 25 heavy (non-hydrogen) atoms. The van der Waals surface area contributed by atoms with E-state index in [0.29, 0.717) is 6.54 Å². The van der Waals surface area contributed by atoms with Crippen molar-refractivity contribution in [2.24, 2.45) is 4.99 Å². The summed E-state index contributed by atoms with van der Waals surface area (Å²) in [5.41, 5.74) is 2.17. The van der Waals surface area contributed by atoms with Gasteiger partial charge < -0.3 is 15.4 Å². The van der Waals surface area contributed by atoms with E-state index >= 15 is 0 Å². The van der Waals surface area contributed by atoms with Gasteiger partial charge in [0, 0.05) is 23.0 Å². The Morgan fingerprint density at radius 1 is 1.32 bits per heavy atom. The summed E-state index contributed by atoms with van der Waals surface area (Å²) in [7, 11) is 1.64. The van der Waals surface area contributed by atoms with E-state index < -0.39 is 0 Å². The molecule has 1 heterocycles. The number of thiazole rings is 1. The van der Waals surface area contributed by atoms with Gasteiger partial charge in [-0.2, -0.15) is 0 Å². The van der Waals surface area contributed by atoms with Gasteiger partial charge in [-0.05, 0) is 44.9 Å². The first-order valence-corrected chi connectivity index (χ1v) is 9.50. The van der Waals surface area contributed by atoms with Crippen LogP contribution in [0.2, 0.25) is 5.02 Å². The second-order valence-electron chi connectivity index (χ2n) is 5.58. The van der Waals surface area contributed by atoms with E-state index in [1.54, 1.807) is 18.4 Å². The smallest absolute Gasteiger partial charge is 0.191 e. The maximum absolute atomic E-state index is 6.28. The predicted octanol–water partition coefficient (Wildman–Crippen LogP) is 3.72. The molecule has 0 atom stereocenters. The summed E-state index contributed by atoms with van der Waals surface area (Å²) >= 11 is 7.98. The summed E-state index contributed by atoms with van der Waals surface area (Å²) in [6.45, 7) is 8.30. The number of nitrogens with one attached hydrogen (secondary N) is 2. The molecule has 0 unspecified atom stereocenters. The molecule has 0 radical (unpaired) electrons. The molecule has 2 N–H and O–H groups in total. The van der Waals surface area contributed by atoms with Gasteiger partial charge in [-0.3, -0.25) is 0 Å². The Balaban J connectivity index is 1.91. The molecule has 0 aliphatic carbocycles. The number of ether oxygens (including phenoxy) is 1. The fraction of sp³-hybridized carbons (Fsp3) is 0.444. The van der Waals surface area contributed by atoms with Crippen LogP contribution in [-0.2, 0) is 13.0 Å². The SMILES string of the molecule is CCNC(=NCc1nc(C)c(C)s1)NCCc1ccc(OC)cc1Cl. The quantitative estimate of drug-likeness (QED) is 0.567. The van der Waals surface area contributed by atoms with Crippen LogP contribution in [0.5, 0.6) is 5.75 Å². The maximum atomic E-state index is 6.28. The van der Waals surface area contributed by atoms with Gasteiger partial charge in [0.15, 0.2) is 5.96 Å². The van der Waals surface area contributed by atoms with E-state index in [9.17, 15) is 0 Å². The second kappa shape index (κ2) is 9.63. The number of nitrogens with zero attached hydrogens (tertiary/aromatic N) is 2. The molecule has 2 rings (SSSR count). The lowest BCUT2D eigenvalue weighted by Crippen LogP contribution is -2.38. The number of hydrogen-bond donors (Lipinski definition) is 2. The Kier molecular flexibility index (Phi) is 7.52. The van der Waals surface area contributed by atoms with E-state index in [0.717, 1.165) is 52.5 Å². The molecule has 5 nitrogen and oxygen atoms in total. The van der Waals surface area contributed by atoms with Crippen molar-refractivity contribution < 1.29 is 4.74 Å². The normalized spacial score (nSPS) is 11.5. The zero-order valence-corrected chi connectivity index (χ0v) is 16.7. The number of guanidine groups is 1. The Morgan fingerprint density at radius 3 is 2.72 bits per heavy atom. The van der Waals surface area contributed by atoms with E-state index in [1.807, 2.05) is 25.1 Å². The molecule has 2 aromatic rings. The fourth-order valence-corrected chi connectivity index (χ4v) is 3.39. The van der Waals surface area contributed by atoms with Crippen molar-refractivity contribution in [1.29, 1.82) is 0 Å². The zero-order chi connectivity index (χ0) is 18.2. The fourth-order valence-electron chi connectivity index (χ4n) is 2.27. The highest BCUT2D eigenvalue weighted by molar-refractivity contribution is 7.11. The van der Waals surface area contributed by atoms with Crippen molar-refractivity contribution >= 4 is 28.9 Å². The average molecular weight is 381 g/mol. The monoisotopic (exact) mass is 380 g/mol. The largest absolute Gasteiger partial charge is 0.497 e. The molecule has 0 bridgehead atoms. The van der Waals surface area contributed by atoms with Crippen molar-refractivity contribution in [3.8, 4) is 5.75 Å². The summed E-state index contributed by atoms with van der Waals surface area (Å²) in [5, 5.41) is 8.35. The third-order valence-corrected chi connectivity index (χ3v) is 5.15. The molecule has 0 aliphatic heterocycles. The molecule has 7 heteroatoms. The number of aliphatic imine (C=N–C) groups is 1.